The summed E-state index contributed by atoms with van der Waals surface area (Å²) < 4.78 is 2.25. The molecule has 19 heavy (non-hydrogen) atoms. The minimum Gasteiger partial charge on any atom is -0.368 e. The predicted octanol–water partition coefficient (Wildman–Crippen LogP) is 1.26. The second-order valence-corrected chi connectivity index (χ2v) is 5.57. The third kappa shape index (κ3) is 1.98. The largest absolute Gasteiger partial charge is 0.368 e. The normalized spacial score (nSPS) is 19.3. The van der Waals surface area contributed by atoms with Crippen LogP contribution < -0.4 is 16.4 Å². The molecule has 0 unspecified atom stereocenters. The van der Waals surface area contributed by atoms with E-state index in [4.69, 9.17) is 11.5 Å². The predicted molar refractivity (Wildman–Crippen MR) is 77.2 cm³/mol. The van der Waals surface area contributed by atoms with Gasteiger partial charge in [0.15, 0.2) is 0 Å². The molecule has 1 aliphatic rings. The zero-order chi connectivity index (χ0) is 13.6. The highest BCUT2D eigenvalue weighted by molar-refractivity contribution is 9.10. The molecule has 1 aliphatic heterocycles. The molecular formula is C12H14BrN5O. The number of rotatable bonds is 1. The number of primary amides is 1. The number of carbonyl (C=O) groups is 1. The first-order valence-electron chi connectivity index (χ1n) is 6.04. The van der Waals surface area contributed by atoms with Crippen molar-refractivity contribution in [3.63, 3.8) is 0 Å². The number of nitrogens with two attached hydrogens (primary N) is 2. The molecule has 0 bridgehead atoms. The van der Waals surface area contributed by atoms with Crippen molar-refractivity contribution in [1.82, 2.24) is 9.55 Å². The van der Waals surface area contributed by atoms with Gasteiger partial charge in [-0.25, -0.2) is 9.78 Å². The summed E-state index contributed by atoms with van der Waals surface area (Å²) in [4.78, 5) is 17.8. The van der Waals surface area contributed by atoms with E-state index < -0.39 is 6.03 Å². The lowest BCUT2D eigenvalue weighted by molar-refractivity contribution is 0.251. The van der Waals surface area contributed by atoms with Crippen LogP contribution in [-0.2, 0) is 0 Å². The molecule has 0 aromatic carbocycles. The van der Waals surface area contributed by atoms with E-state index in [1.807, 2.05) is 6.07 Å². The van der Waals surface area contributed by atoms with Crippen molar-refractivity contribution in [2.75, 3.05) is 18.0 Å². The van der Waals surface area contributed by atoms with Gasteiger partial charge in [-0.3, -0.25) is 4.57 Å². The summed E-state index contributed by atoms with van der Waals surface area (Å²) >= 11 is 3.52. The highest BCUT2D eigenvalue weighted by atomic mass is 79.9. The summed E-state index contributed by atoms with van der Waals surface area (Å²) in [6.07, 6.45) is 4.31. The number of nitrogens with zero attached hydrogens (tertiary/aromatic N) is 3. The number of pyridine rings is 1. The molecule has 1 amide bonds. The summed E-state index contributed by atoms with van der Waals surface area (Å²) in [5.74, 6) is 0. The lowest BCUT2D eigenvalue weighted by atomic mass is 10.2. The molecular weight excluding hydrogens is 310 g/mol. The molecule has 1 atom stereocenters. The molecule has 6 nitrogen and oxygen atoms in total. The minimum absolute atomic E-state index is 0.188. The van der Waals surface area contributed by atoms with Gasteiger partial charge in [-0.05, 0) is 28.4 Å². The van der Waals surface area contributed by atoms with Crippen molar-refractivity contribution in [2.45, 2.75) is 12.5 Å². The van der Waals surface area contributed by atoms with Crippen LogP contribution in [0.15, 0.2) is 22.9 Å². The molecule has 2 aromatic rings. The minimum atomic E-state index is -0.533. The standard InChI is InChI=1S/C12H14BrN5O/c13-9-5-16-11-8(2-4-18(11)12(15)19)10(9)17-3-1-7(14)6-17/h2,4-5,7H,1,3,6,14H2,(H2,15,19)/t7-/m1/s1. The van der Waals surface area contributed by atoms with E-state index >= 15 is 0 Å². The number of anilines is 1. The van der Waals surface area contributed by atoms with Gasteiger partial charge in [-0.15, -0.1) is 0 Å². The third-order valence-electron chi connectivity index (χ3n) is 3.42. The van der Waals surface area contributed by atoms with Crippen LogP contribution in [0.4, 0.5) is 10.5 Å². The SMILES string of the molecule is NC(=O)n1ccc2c(N3CC[C@@H](N)C3)c(Br)cnc21. The van der Waals surface area contributed by atoms with Gasteiger partial charge in [0.25, 0.3) is 0 Å². The van der Waals surface area contributed by atoms with Crippen molar-refractivity contribution in [3.05, 3.63) is 22.9 Å². The van der Waals surface area contributed by atoms with Gasteiger partial charge in [0.2, 0.25) is 0 Å². The van der Waals surface area contributed by atoms with Crippen molar-refractivity contribution in [1.29, 1.82) is 0 Å². The van der Waals surface area contributed by atoms with E-state index in [2.05, 4.69) is 25.8 Å². The lowest BCUT2D eigenvalue weighted by Crippen LogP contribution is -2.26. The van der Waals surface area contributed by atoms with Gasteiger partial charge in [0, 0.05) is 36.9 Å². The topological polar surface area (TPSA) is 90.2 Å². The first-order chi connectivity index (χ1) is 9.08. The fourth-order valence-electron chi connectivity index (χ4n) is 2.54. The van der Waals surface area contributed by atoms with Crippen LogP contribution >= 0.6 is 15.9 Å². The highest BCUT2D eigenvalue weighted by Crippen LogP contribution is 2.35. The van der Waals surface area contributed by atoms with E-state index in [-0.39, 0.29) is 6.04 Å². The summed E-state index contributed by atoms with van der Waals surface area (Å²) in [5, 5.41) is 0.905. The average Bonchev–Trinajstić information content (AvgIpc) is 2.95. The maximum atomic E-state index is 11.3. The van der Waals surface area contributed by atoms with Crippen molar-refractivity contribution >= 4 is 38.7 Å². The Morgan fingerprint density at radius 1 is 1.53 bits per heavy atom. The van der Waals surface area contributed by atoms with Crippen molar-refractivity contribution in [3.8, 4) is 0 Å². The van der Waals surface area contributed by atoms with Gasteiger partial charge in [0.1, 0.15) is 5.65 Å². The second-order valence-electron chi connectivity index (χ2n) is 4.71. The number of amides is 1. The number of hydrogen-bond donors (Lipinski definition) is 2. The Morgan fingerprint density at radius 3 is 2.95 bits per heavy atom. The molecule has 3 rings (SSSR count). The molecule has 3 heterocycles. The molecule has 0 aliphatic carbocycles. The van der Waals surface area contributed by atoms with E-state index in [1.54, 1.807) is 12.4 Å². The molecule has 100 valence electrons. The quantitative estimate of drug-likeness (QED) is 0.826. The fourth-order valence-corrected chi connectivity index (χ4v) is 3.10. The number of fused-ring (bicyclic) bond motifs is 1. The van der Waals surface area contributed by atoms with Crippen LogP contribution in [0.1, 0.15) is 6.42 Å². The summed E-state index contributed by atoms with van der Waals surface area (Å²) in [6.45, 7) is 1.71. The van der Waals surface area contributed by atoms with Crippen molar-refractivity contribution < 1.29 is 4.79 Å². The molecule has 1 fully saturated rings. The van der Waals surface area contributed by atoms with Gasteiger partial charge >= 0.3 is 6.03 Å². The van der Waals surface area contributed by atoms with Gasteiger partial charge in [-0.2, -0.15) is 0 Å². The van der Waals surface area contributed by atoms with Crippen LogP contribution in [-0.4, -0.2) is 34.7 Å². The monoisotopic (exact) mass is 323 g/mol. The Morgan fingerprint density at radius 2 is 2.32 bits per heavy atom. The van der Waals surface area contributed by atoms with Crippen LogP contribution in [0.2, 0.25) is 0 Å². The van der Waals surface area contributed by atoms with E-state index in [1.165, 1.54) is 4.57 Å². The molecule has 0 spiro atoms. The van der Waals surface area contributed by atoms with Crippen LogP contribution in [0.25, 0.3) is 11.0 Å². The summed E-state index contributed by atoms with van der Waals surface area (Å²) in [5.41, 5.74) is 12.9. The van der Waals surface area contributed by atoms with Gasteiger partial charge in [-0.1, -0.05) is 0 Å². The molecule has 4 N–H and O–H groups in total. The Hall–Kier alpha value is -1.60. The van der Waals surface area contributed by atoms with E-state index in [0.717, 1.165) is 35.1 Å². The second kappa shape index (κ2) is 4.50. The average molecular weight is 324 g/mol. The number of carbonyl (C=O) groups excluding carboxylic acids is 1. The van der Waals surface area contributed by atoms with E-state index in [0.29, 0.717) is 5.65 Å². The zero-order valence-corrected chi connectivity index (χ0v) is 11.8. The molecule has 7 heteroatoms. The summed E-state index contributed by atoms with van der Waals surface area (Å²) in [7, 11) is 0. The first-order valence-corrected chi connectivity index (χ1v) is 6.83. The third-order valence-corrected chi connectivity index (χ3v) is 4.00. The fraction of sp³-hybridized carbons (Fsp3) is 0.333. The van der Waals surface area contributed by atoms with Gasteiger partial charge < -0.3 is 16.4 Å². The van der Waals surface area contributed by atoms with Crippen LogP contribution in [0.3, 0.4) is 0 Å². The lowest BCUT2D eigenvalue weighted by Gasteiger charge is -2.20. The summed E-state index contributed by atoms with van der Waals surface area (Å²) in [6, 6.07) is 1.51. The number of halogens is 1. The van der Waals surface area contributed by atoms with Crippen LogP contribution in [0.5, 0.6) is 0 Å². The molecule has 0 radical (unpaired) electrons. The number of aromatic nitrogens is 2. The highest BCUT2D eigenvalue weighted by Gasteiger charge is 2.24. The van der Waals surface area contributed by atoms with Gasteiger partial charge in [0.05, 0.1) is 10.2 Å². The molecule has 1 saturated heterocycles. The Balaban J connectivity index is 2.17. The molecule has 2 aromatic heterocycles. The smallest absolute Gasteiger partial charge is 0.324 e. The Labute approximate surface area is 118 Å². The maximum absolute atomic E-state index is 11.3. The Bertz CT molecular complexity index is 653. The molecule has 0 saturated carbocycles. The number of hydrogen-bond acceptors (Lipinski definition) is 4. The Kier molecular flexibility index (Phi) is 2.94. The van der Waals surface area contributed by atoms with Crippen molar-refractivity contribution in [2.24, 2.45) is 11.5 Å². The van der Waals surface area contributed by atoms with Crippen LogP contribution in [0, 0.1) is 0 Å². The first kappa shape index (κ1) is 12.4. The van der Waals surface area contributed by atoms with E-state index in [9.17, 15) is 4.79 Å². The maximum Gasteiger partial charge on any atom is 0.324 e. The zero-order valence-electron chi connectivity index (χ0n) is 10.2.